The number of hydrogen-bond donors (Lipinski definition) is 0. The maximum absolute atomic E-state index is 12.9. The number of aromatic nitrogens is 4. The average molecular weight is 581 g/mol. The Labute approximate surface area is 233 Å². The van der Waals surface area contributed by atoms with Gasteiger partial charge in [-0.25, -0.2) is 9.97 Å². The van der Waals surface area contributed by atoms with E-state index in [1.807, 2.05) is 10.9 Å². The van der Waals surface area contributed by atoms with E-state index in [0.717, 1.165) is 68.2 Å². The normalized spacial score (nSPS) is 21.2. The fraction of sp³-hybridized carbons (Fsp3) is 0.667. The van der Waals surface area contributed by atoms with Gasteiger partial charge in [0.05, 0.1) is 31.2 Å². The van der Waals surface area contributed by atoms with Gasteiger partial charge in [0.15, 0.2) is 8.32 Å². The number of anilines is 1. The summed E-state index contributed by atoms with van der Waals surface area (Å²) < 4.78 is 47.1. The molecule has 2 fully saturated rings. The molecule has 5 rings (SSSR count). The predicted octanol–water partition coefficient (Wildman–Crippen LogP) is 5.97. The summed E-state index contributed by atoms with van der Waals surface area (Å²) in [7, 11) is -1.76. The van der Waals surface area contributed by atoms with Gasteiger partial charge in [0, 0.05) is 42.8 Å². The molecule has 0 bridgehead atoms. The molecule has 2 aliphatic heterocycles. The highest BCUT2D eigenvalue weighted by atomic mass is 32.1. The Morgan fingerprint density at radius 2 is 1.87 bits per heavy atom. The second-order valence-electron chi connectivity index (χ2n) is 12.6. The summed E-state index contributed by atoms with van der Waals surface area (Å²) >= 11 is 1.11. The number of fused-ring (bicyclic) bond motifs is 2. The van der Waals surface area contributed by atoms with Gasteiger partial charge < -0.3 is 9.33 Å². The number of hydrogen-bond acceptors (Lipinski definition) is 7. The van der Waals surface area contributed by atoms with Crippen LogP contribution in [0.5, 0.6) is 0 Å². The minimum Gasteiger partial charge on any atom is -0.415 e. The lowest BCUT2D eigenvalue weighted by molar-refractivity contribution is -0.126. The minimum absolute atomic E-state index is 0.198. The van der Waals surface area contributed by atoms with E-state index in [1.54, 1.807) is 6.07 Å². The number of halogens is 3. The first-order valence-corrected chi connectivity index (χ1v) is 17.4. The van der Waals surface area contributed by atoms with E-state index in [1.165, 1.54) is 11.9 Å². The smallest absolute Gasteiger partial charge is 0.393 e. The van der Waals surface area contributed by atoms with E-state index in [4.69, 9.17) is 4.43 Å². The number of rotatable bonds is 8. The molecule has 5 heterocycles. The van der Waals surface area contributed by atoms with Crippen molar-refractivity contribution in [2.75, 3.05) is 37.7 Å². The van der Waals surface area contributed by atoms with Crippen LogP contribution in [0.15, 0.2) is 24.8 Å². The molecule has 2 atom stereocenters. The summed E-state index contributed by atoms with van der Waals surface area (Å²) in [5.41, 5.74) is 1.21. The molecule has 12 heteroatoms. The van der Waals surface area contributed by atoms with E-state index >= 15 is 0 Å². The molecule has 7 nitrogen and oxygen atoms in total. The third-order valence-corrected chi connectivity index (χ3v) is 14.2. The molecule has 3 aromatic heterocycles. The van der Waals surface area contributed by atoms with Gasteiger partial charge in [-0.05, 0) is 49.0 Å². The highest BCUT2D eigenvalue weighted by molar-refractivity contribution is 7.18. The van der Waals surface area contributed by atoms with Gasteiger partial charge in [-0.3, -0.25) is 9.58 Å². The minimum atomic E-state index is -4.23. The number of nitrogens with zero attached hydrogens (tertiary/aromatic N) is 6. The predicted molar refractivity (Wildman–Crippen MR) is 152 cm³/mol. The summed E-state index contributed by atoms with van der Waals surface area (Å²) in [6.45, 7) is 17.4. The van der Waals surface area contributed by atoms with E-state index < -0.39 is 20.9 Å². The van der Waals surface area contributed by atoms with Gasteiger partial charge in [-0.2, -0.15) is 18.3 Å². The van der Waals surface area contributed by atoms with Crippen LogP contribution in [0.2, 0.25) is 18.1 Å². The third kappa shape index (κ3) is 6.66. The fourth-order valence-electron chi connectivity index (χ4n) is 5.47. The van der Waals surface area contributed by atoms with Crippen LogP contribution in [-0.2, 0) is 23.9 Å². The van der Waals surface area contributed by atoms with Gasteiger partial charge in [0.2, 0.25) is 0 Å². The lowest BCUT2D eigenvalue weighted by atomic mass is 9.88. The number of likely N-dealkylation sites (tertiary alicyclic amines) is 1. The Kier molecular flexibility index (Phi) is 7.86. The summed E-state index contributed by atoms with van der Waals surface area (Å²) in [5, 5.41) is 5.50. The Hall–Kier alpha value is -2.02. The maximum atomic E-state index is 12.9. The van der Waals surface area contributed by atoms with Crippen LogP contribution >= 0.6 is 11.3 Å². The highest BCUT2D eigenvalue weighted by Crippen LogP contribution is 2.39. The third-order valence-electron chi connectivity index (χ3n) is 8.60. The zero-order valence-corrected chi connectivity index (χ0v) is 25.3. The fourth-order valence-corrected chi connectivity index (χ4v) is 7.53. The largest absolute Gasteiger partial charge is 0.415 e. The van der Waals surface area contributed by atoms with Crippen LogP contribution in [0.1, 0.15) is 37.6 Å². The van der Waals surface area contributed by atoms with E-state index in [9.17, 15) is 13.2 Å². The standard InChI is InChI=1S/C27H39F3N6OSSi/c1-26(2,3)39(4,5)37-9-8-36-14-19(12-33-36)13-34-7-6-20-16-35(17-21(20)15-34)24-23-10-22(11-27(28,29)30)38-25(23)32-18-31-24/h10,12,14,18,20-21H,6-9,11,13,15-17H2,1-5H3/t20-,21+/m1/s1. The Balaban J connectivity index is 1.16. The molecule has 0 spiro atoms. The van der Waals surface area contributed by atoms with Gasteiger partial charge >= 0.3 is 6.18 Å². The second kappa shape index (κ2) is 10.8. The number of thiophene rings is 1. The molecule has 3 aromatic rings. The van der Waals surface area contributed by atoms with E-state index in [2.05, 4.69) is 64.9 Å². The molecule has 0 aromatic carbocycles. The second-order valence-corrected chi connectivity index (χ2v) is 18.5. The average Bonchev–Trinajstić information content (AvgIpc) is 3.54. The van der Waals surface area contributed by atoms with Crippen LogP contribution in [0.3, 0.4) is 0 Å². The van der Waals surface area contributed by atoms with Crippen molar-refractivity contribution in [1.82, 2.24) is 24.6 Å². The van der Waals surface area contributed by atoms with Crippen LogP contribution in [0.25, 0.3) is 10.2 Å². The van der Waals surface area contributed by atoms with Crippen molar-refractivity contribution in [2.45, 2.75) is 71.0 Å². The van der Waals surface area contributed by atoms with Crippen molar-refractivity contribution in [1.29, 1.82) is 0 Å². The molecule has 0 radical (unpaired) electrons. The Morgan fingerprint density at radius 1 is 1.10 bits per heavy atom. The first kappa shape index (κ1) is 28.5. The topological polar surface area (TPSA) is 59.3 Å². The van der Waals surface area contributed by atoms with E-state index in [-0.39, 0.29) is 9.92 Å². The first-order valence-electron chi connectivity index (χ1n) is 13.7. The summed E-state index contributed by atoms with van der Waals surface area (Å²) in [5.74, 6) is 1.84. The summed E-state index contributed by atoms with van der Waals surface area (Å²) in [6.07, 6.45) is 1.53. The van der Waals surface area contributed by atoms with Crippen molar-refractivity contribution in [3.8, 4) is 0 Å². The van der Waals surface area contributed by atoms with Gasteiger partial charge in [0.25, 0.3) is 0 Å². The summed E-state index contributed by atoms with van der Waals surface area (Å²) in [4.78, 5) is 14.4. The van der Waals surface area contributed by atoms with Gasteiger partial charge in [0.1, 0.15) is 17.0 Å². The van der Waals surface area contributed by atoms with E-state index in [0.29, 0.717) is 23.3 Å². The quantitative estimate of drug-likeness (QED) is 0.306. The lowest BCUT2D eigenvalue weighted by Crippen LogP contribution is -2.41. The summed E-state index contributed by atoms with van der Waals surface area (Å²) in [6, 6.07) is 1.63. The van der Waals surface area contributed by atoms with Crippen molar-refractivity contribution in [3.05, 3.63) is 35.2 Å². The lowest BCUT2D eigenvalue weighted by Gasteiger charge is -2.36. The van der Waals surface area contributed by atoms with Crippen molar-refractivity contribution in [3.63, 3.8) is 0 Å². The molecule has 0 unspecified atom stereocenters. The van der Waals surface area contributed by atoms with Crippen LogP contribution in [0.4, 0.5) is 19.0 Å². The zero-order chi connectivity index (χ0) is 28.0. The highest BCUT2D eigenvalue weighted by Gasteiger charge is 2.39. The van der Waals surface area contributed by atoms with Crippen LogP contribution < -0.4 is 4.90 Å². The molecule has 0 N–H and O–H groups in total. The van der Waals surface area contributed by atoms with Crippen molar-refractivity contribution in [2.24, 2.45) is 11.8 Å². The Bertz CT molecular complexity index is 1290. The van der Waals surface area contributed by atoms with Crippen molar-refractivity contribution >= 4 is 35.7 Å². The Morgan fingerprint density at radius 3 is 2.62 bits per heavy atom. The van der Waals surface area contributed by atoms with Crippen molar-refractivity contribution < 1.29 is 17.6 Å². The van der Waals surface area contributed by atoms with Gasteiger partial charge in [-0.15, -0.1) is 11.3 Å². The number of alkyl halides is 3. The zero-order valence-electron chi connectivity index (χ0n) is 23.5. The molecule has 0 saturated carbocycles. The van der Waals surface area contributed by atoms with Crippen LogP contribution in [0, 0.1) is 11.8 Å². The molecule has 0 amide bonds. The van der Waals surface area contributed by atoms with Crippen LogP contribution in [-0.4, -0.2) is 71.9 Å². The number of piperidine rings is 1. The molecular weight excluding hydrogens is 541 g/mol. The molecular formula is C27H39F3N6OSSi. The molecule has 2 saturated heterocycles. The monoisotopic (exact) mass is 580 g/mol. The first-order chi connectivity index (χ1) is 18.3. The maximum Gasteiger partial charge on any atom is 0.393 e. The molecule has 214 valence electrons. The molecule has 0 aliphatic carbocycles. The SMILES string of the molecule is CC(C)(C)[Si](C)(C)OCCn1cc(CN2CC[C@@H]3CN(c4ncnc5sc(CC(F)(F)F)cc45)C[C@@H]3C2)cn1. The van der Waals surface area contributed by atoms with Gasteiger partial charge in [-0.1, -0.05) is 20.8 Å². The molecule has 39 heavy (non-hydrogen) atoms. The molecule has 2 aliphatic rings.